The van der Waals surface area contributed by atoms with Gasteiger partial charge in [-0.05, 0) is 17.7 Å². The summed E-state index contributed by atoms with van der Waals surface area (Å²) in [5, 5.41) is 1.23. The lowest BCUT2D eigenvalue weighted by Gasteiger charge is -2.09. The van der Waals surface area contributed by atoms with Crippen molar-refractivity contribution in [3.8, 4) is 0 Å². The van der Waals surface area contributed by atoms with E-state index in [2.05, 4.69) is 66.3 Å². The van der Waals surface area contributed by atoms with Crippen molar-refractivity contribution >= 4 is 23.1 Å². The van der Waals surface area contributed by atoms with Crippen molar-refractivity contribution in [1.82, 2.24) is 4.57 Å². The molecule has 98 valence electrons. The van der Waals surface area contributed by atoms with Gasteiger partial charge < -0.3 is 4.57 Å². The highest BCUT2D eigenvalue weighted by atomic mass is 15.0. The molecule has 0 aliphatic rings. The van der Waals surface area contributed by atoms with Crippen molar-refractivity contribution in [2.75, 3.05) is 0 Å². The molecule has 0 aliphatic heterocycles. The van der Waals surface area contributed by atoms with Gasteiger partial charge in [0.05, 0.1) is 0 Å². The Bertz CT molecular complexity index is 763. The summed E-state index contributed by atoms with van der Waals surface area (Å²) in [5.74, 6) is 0. The highest BCUT2D eigenvalue weighted by molar-refractivity contribution is 5.93. The summed E-state index contributed by atoms with van der Waals surface area (Å²) < 4.78 is 2.30. The zero-order chi connectivity index (χ0) is 13.9. The lowest BCUT2D eigenvalue weighted by molar-refractivity contribution is 0.827. The number of para-hydroxylation sites is 1. The number of benzene rings is 2. The molecule has 2 aromatic carbocycles. The van der Waals surface area contributed by atoms with Crippen molar-refractivity contribution in [2.45, 2.75) is 6.54 Å². The number of rotatable bonds is 4. The maximum Gasteiger partial charge on any atom is 0.0494 e. The van der Waals surface area contributed by atoms with Crippen LogP contribution in [0.5, 0.6) is 0 Å². The molecule has 0 bridgehead atoms. The Kier molecular flexibility index (Phi) is 3.26. The third-order valence-corrected chi connectivity index (χ3v) is 3.63. The first-order chi connectivity index (χ1) is 9.85. The molecular weight excluding hydrogens is 242 g/mol. The average molecular weight is 259 g/mol. The maximum absolute atomic E-state index is 3.97. The van der Waals surface area contributed by atoms with Crippen LogP contribution in [0.25, 0.3) is 23.1 Å². The molecule has 0 N–H and O–H groups in total. The monoisotopic (exact) mass is 259 g/mol. The molecule has 0 saturated carbocycles. The van der Waals surface area contributed by atoms with E-state index in [0.29, 0.717) is 0 Å². The predicted octanol–water partition coefficient (Wildman–Crippen LogP) is 4.98. The molecule has 0 amide bonds. The maximum atomic E-state index is 3.97. The van der Waals surface area contributed by atoms with Gasteiger partial charge in [0.15, 0.2) is 0 Å². The molecule has 0 spiro atoms. The van der Waals surface area contributed by atoms with Crippen molar-refractivity contribution in [2.24, 2.45) is 0 Å². The molecule has 1 heteroatoms. The van der Waals surface area contributed by atoms with Crippen LogP contribution in [0.1, 0.15) is 16.8 Å². The van der Waals surface area contributed by atoms with Crippen molar-refractivity contribution in [1.29, 1.82) is 0 Å². The van der Waals surface area contributed by atoms with E-state index in [4.69, 9.17) is 0 Å². The summed E-state index contributed by atoms with van der Waals surface area (Å²) in [6.07, 6.45) is 3.83. The zero-order valence-electron chi connectivity index (χ0n) is 11.4. The first-order valence-electron chi connectivity index (χ1n) is 6.75. The molecule has 0 saturated heterocycles. The van der Waals surface area contributed by atoms with E-state index in [9.17, 15) is 0 Å². The summed E-state index contributed by atoms with van der Waals surface area (Å²) in [5.41, 5.74) is 4.80. The van der Waals surface area contributed by atoms with Gasteiger partial charge in [0, 0.05) is 28.7 Å². The minimum atomic E-state index is 0.844. The van der Waals surface area contributed by atoms with Crippen LogP contribution in [-0.4, -0.2) is 4.57 Å². The lowest BCUT2D eigenvalue weighted by atomic mass is 10.1. The molecule has 3 rings (SSSR count). The second kappa shape index (κ2) is 5.22. The van der Waals surface area contributed by atoms with Gasteiger partial charge in [0.2, 0.25) is 0 Å². The van der Waals surface area contributed by atoms with Crippen LogP contribution in [0.3, 0.4) is 0 Å². The minimum absolute atomic E-state index is 0.844. The molecule has 1 heterocycles. The Labute approximate surface area is 119 Å². The van der Waals surface area contributed by atoms with E-state index < -0.39 is 0 Å². The van der Waals surface area contributed by atoms with Crippen LogP contribution in [0.2, 0.25) is 0 Å². The highest BCUT2D eigenvalue weighted by Crippen LogP contribution is 2.28. The quantitative estimate of drug-likeness (QED) is 0.623. The van der Waals surface area contributed by atoms with Gasteiger partial charge in [-0.15, -0.1) is 0 Å². The first-order valence-corrected chi connectivity index (χ1v) is 6.75. The Balaban J connectivity index is 2.23. The molecule has 0 fully saturated rings. The van der Waals surface area contributed by atoms with Crippen LogP contribution in [0.15, 0.2) is 67.8 Å². The number of nitrogens with zero attached hydrogens (tertiary/aromatic N) is 1. The fraction of sp³-hybridized carbons (Fsp3) is 0.0526. The molecule has 3 aromatic rings. The Hall–Kier alpha value is -2.54. The average Bonchev–Trinajstić information content (AvgIpc) is 2.81. The topological polar surface area (TPSA) is 4.93 Å². The van der Waals surface area contributed by atoms with Crippen molar-refractivity contribution in [3.63, 3.8) is 0 Å². The normalized spacial score (nSPS) is 10.6. The van der Waals surface area contributed by atoms with Crippen LogP contribution in [-0.2, 0) is 6.54 Å². The smallest absolute Gasteiger partial charge is 0.0494 e. The summed E-state index contributed by atoms with van der Waals surface area (Å²) in [7, 11) is 0. The molecule has 0 unspecified atom stereocenters. The van der Waals surface area contributed by atoms with Gasteiger partial charge in [-0.1, -0.05) is 67.8 Å². The second-order valence-corrected chi connectivity index (χ2v) is 4.80. The highest BCUT2D eigenvalue weighted by Gasteiger charge is 2.12. The lowest BCUT2D eigenvalue weighted by Crippen LogP contribution is -2.01. The van der Waals surface area contributed by atoms with Crippen molar-refractivity contribution < 1.29 is 0 Å². The van der Waals surface area contributed by atoms with Crippen LogP contribution in [0.4, 0.5) is 0 Å². The SMILES string of the molecule is C=Cc1c(C=C)n(Cc2ccccc2)c2ccccc12. The summed E-state index contributed by atoms with van der Waals surface area (Å²) in [4.78, 5) is 0. The number of aromatic nitrogens is 1. The van der Waals surface area contributed by atoms with Crippen molar-refractivity contribution in [3.05, 3.63) is 84.6 Å². The Morgan fingerprint density at radius 2 is 1.55 bits per heavy atom. The summed E-state index contributed by atoms with van der Waals surface area (Å²) in [6, 6.07) is 18.9. The fourth-order valence-electron chi connectivity index (χ4n) is 2.72. The van der Waals surface area contributed by atoms with Gasteiger partial charge in [-0.2, -0.15) is 0 Å². The minimum Gasteiger partial charge on any atom is -0.336 e. The molecular formula is C19H17N. The van der Waals surface area contributed by atoms with Gasteiger partial charge in [0.1, 0.15) is 0 Å². The molecule has 0 atom stereocenters. The van der Waals surface area contributed by atoms with E-state index in [0.717, 1.165) is 17.8 Å². The molecule has 1 nitrogen and oxygen atoms in total. The standard InChI is InChI=1S/C19H17N/c1-3-16-17-12-8-9-13-19(17)20(18(16)4-2)14-15-10-6-5-7-11-15/h3-13H,1-2,14H2. The van der Waals surface area contributed by atoms with E-state index in [1.165, 1.54) is 16.5 Å². The third-order valence-electron chi connectivity index (χ3n) is 3.63. The molecule has 0 aliphatic carbocycles. The van der Waals surface area contributed by atoms with Gasteiger partial charge in [-0.3, -0.25) is 0 Å². The van der Waals surface area contributed by atoms with E-state index in [1.54, 1.807) is 0 Å². The first kappa shape index (κ1) is 12.5. The van der Waals surface area contributed by atoms with E-state index >= 15 is 0 Å². The second-order valence-electron chi connectivity index (χ2n) is 4.80. The number of hydrogen-bond acceptors (Lipinski definition) is 0. The van der Waals surface area contributed by atoms with Gasteiger partial charge >= 0.3 is 0 Å². The van der Waals surface area contributed by atoms with E-state index in [1.807, 2.05) is 18.2 Å². The summed E-state index contributed by atoms with van der Waals surface area (Å²) >= 11 is 0. The molecule has 1 aromatic heterocycles. The van der Waals surface area contributed by atoms with Gasteiger partial charge in [-0.25, -0.2) is 0 Å². The number of hydrogen-bond donors (Lipinski definition) is 0. The predicted molar refractivity (Wildman–Crippen MR) is 87.7 cm³/mol. The number of fused-ring (bicyclic) bond motifs is 1. The van der Waals surface area contributed by atoms with Crippen LogP contribution < -0.4 is 0 Å². The molecule has 20 heavy (non-hydrogen) atoms. The van der Waals surface area contributed by atoms with Gasteiger partial charge in [0.25, 0.3) is 0 Å². The molecule has 0 radical (unpaired) electrons. The van der Waals surface area contributed by atoms with Crippen LogP contribution >= 0.6 is 0 Å². The third kappa shape index (κ3) is 1.97. The Morgan fingerprint density at radius 1 is 0.850 bits per heavy atom. The fourth-order valence-corrected chi connectivity index (χ4v) is 2.72. The Morgan fingerprint density at radius 3 is 2.25 bits per heavy atom. The summed E-state index contributed by atoms with van der Waals surface area (Å²) in [6.45, 7) is 8.76. The van der Waals surface area contributed by atoms with E-state index in [-0.39, 0.29) is 0 Å². The largest absolute Gasteiger partial charge is 0.336 e. The zero-order valence-corrected chi connectivity index (χ0v) is 11.4. The van der Waals surface area contributed by atoms with Crippen LogP contribution in [0, 0.1) is 0 Å².